The molecule has 1 aromatic carbocycles. The molecule has 2 N–H and O–H groups in total. The molecule has 2 rings (SSSR count). The molecule has 0 atom stereocenters. The zero-order valence-corrected chi connectivity index (χ0v) is 14.5. The number of benzene rings is 1. The Morgan fingerprint density at radius 2 is 2.04 bits per heavy atom. The number of amides is 1. The van der Waals surface area contributed by atoms with Crippen molar-refractivity contribution in [1.82, 2.24) is 9.80 Å². The molecule has 1 fully saturated rings. The van der Waals surface area contributed by atoms with Gasteiger partial charge in [-0.25, -0.2) is 0 Å². The third kappa shape index (κ3) is 5.11. The summed E-state index contributed by atoms with van der Waals surface area (Å²) in [6, 6.07) is 6.65. The maximum Gasteiger partial charge on any atom is 0.267 e. The number of hydrogen-bond acceptors (Lipinski definition) is 5. The summed E-state index contributed by atoms with van der Waals surface area (Å²) in [6.45, 7) is 3.69. The molecule has 0 radical (unpaired) electrons. The van der Waals surface area contributed by atoms with E-state index in [0.717, 1.165) is 13.1 Å². The molecule has 1 heterocycles. The van der Waals surface area contributed by atoms with E-state index in [1.165, 1.54) is 6.07 Å². The molecule has 0 spiro atoms. The van der Waals surface area contributed by atoms with E-state index in [1.807, 2.05) is 11.0 Å². The van der Waals surface area contributed by atoms with Gasteiger partial charge in [0.05, 0.1) is 17.3 Å². The second-order valence-corrected chi connectivity index (χ2v) is 6.18. The fourth-order valence-corrected chi connectivity index (χ4v) is 2.70. The van der Waals surface area contributed by atoms with Crippen molar-refractivity contribution in [2.45, 2.75) is 0 Å². The van der Waals surface area contributed by atoms with Crippen LogP contribution in [0.1, 0.15) is 0 Å². The van der Waals surface area contributed by atoms with Crippen LogP contribution in [0.3, 0.4) is 0 Å². The molecular formula is C16H18Cl2N4O2. The minimum atomic E-state index is -0.528. The average molecular weight is 369 g/mol. The molecule has 128 valence electrons. The zero-order valence-electron chi connectivity index (χ0n) is 13.0. The Balaban J connectivity index is 2.01. The summed E-state index contributed by atoms with van der Waals surface area (Å²) in [7, 11) is 0. The van der Waals surface area contributed by atoms with Gasteiger partial charge in [-0.15, -0.1) is 0 Å². The normalized spacial score (nSPS) is 15.9. The molecule has 1 aliphatic rings. The number of piperazine rings is 1. The van der Waals surface area contributed by atoms with Crippen LogP contribution in [0.5, 0.6) is 0 Å². The molecule has 6 nitrogen and oxygen atoms in total. The van der Waals surface area contributed by atoms with Crippen LogP contribution in [0.25, 0.3) is 0 Å². The van der Waals surface area contributed by atoms with E-state index >= 15 is 0 Å². The van der Waals surface area contributed by atoms with E-state index in [0.29, 0.717) is 35.4 Å². The Kier molecular flexibility index (Phi) is 6.88. The molecular weight excluding hydrogens is 351 g/mol. The minimum absolute atomic E-state index is 0.00153. The Morgan fingerprint density at radius 3 is 2.67 bits per heavy atom. The fourth-order valence-electron chi connectivity index (χ4n) is 2.36. The Morgan fingerprint density at radius 1 is 1.33 bits per heavy atom. The molecule has 1 aromatic rings. The predicted molar refractivity (Wildman–Crippen MR) is 93.9 cm³/mol. The van der Waals surface area contributed by atoms with Crippen molar-refractivity contribution in [2.24, 2.45) is 0 Å². The number of carbonyl (C=O) groups excluding carboxylic acids is 1. The van der Waals surface area contributed by atoms with Gasteiger partial charge < -0.3 is 15.3 Å². The zero-order chi connectivity index (χ0) is 17.5. The number of aliphatic hydroxyl groups is 1. The number of aliphatic hydroxyl groups excluding tert-OH is 1. The lowest BCUT2D eigenvalue weighted by atomic mass is 10.2. The standard InChI is InChI=1S/C16H18Cl2N4O2/c17-13-1-2-14(18)15(9-13)20-16(24)12(10-19)11-22-5-3-21(4-6-22)7-8-23/h1-2,9,11,23H,3-8H2,(H,20,24)/b12-11-. The second kappa shape index (κ2) is 8.90. The lowest BCUT2D eigenvalue weighted by Gasteiger charge is -2.33. The Bertz CT molecular complexity index is 665. The van der Waals surface area contributed by atoms with Gasteiger partial charge >= 0.3 is 0 Å². The number of nitriles is 1. The van der Waals surface area contributed by atoms with Crippen LogP contribution in [0.4, 0.5) is 5.69 Å². The van der Waals surface area contributed by atoms with Crippen LogP contribution in [-0.4, -0.2) is 60.1 Å². The number of hydrogen-bond donors (Lipinski definition) is 2. The van der Waals surface area contributed by atoms with E-state index in [4.69, 9.17) is 28.3 Å². The smallest absolute Gasteiger partial charge is 0.267 e. The van der Waals surface area contributed by atoms with Gasteiger partial charge in [-0.3, -0.25) is 9.69 Å². The molecule has 1 amide bonds. The Labute approximate surface area is 150 Å². The van der Waals surface area contributed by atoms with E-state index in [9.17, 15) is 10.1 Å². The highest BCUT2D eigenvalue weighted by Gasteiger charge is 2.17. The molecule has 0 aromatic heterocycles. The summed E-state index contributed by atoms with van der Waals surface area (Å²) in [5.74, 6) is -0.528. The first-order valence-electron chi connectivity index (χ1n) is 7.49. The summed E-state index contributed by atoms with van der Waals surface area (Å²) in [6.07, 6.45) is 1.56. The number of halogens is 2. The lowest BCUT2D eigenvalue weighted by Crippen LogP contribution is -2.45. The molecule has 0 bridgehead atoms. The van der Waals surface area contributed by atoms with Crippen LogP contribution in [0, 0.1) is 11.3 Å². The van der Waals surface area contributed by atoms with Crippen molar-refractivity contribution in [1.29, 1.82) is 5.26 Å². The predicted octanol–water partition coefficient (Wildman–Crippen LogP) is 1.95. The summed E-state index contributed by atoms with van der Waals surface area (Å²) in [5, 5.41) is 21.6. The Hall–Kier alpha value is -1.78. The monoisotopic (exact) mass is 368 g/mol. The van der Waals surface area contributed by atoms with Gasteiger partial charge in [0.2, 0.25) is 0 Å². The first-order valence-corrected chi connectivity index (χ1v) is 8.24. The maximum absolute atomic E-state index is 12.3. The van der Waals surface area contributed by atoms with Crippen LogP contribution < -0.4 is 5.32 Å². The summed E-state index contributed by atoms with van der Waals surface area (Å²) >= 11 is 11.9. The summed E-state index contributed by atoms with van der Waals surface area (Å²) < 4.78 is 0. The number of anilines is 1. The van der Waals surface area contributed by atoms with Crippen molar-refractivity contribution in [2.75, 3.05) is 44.6 Å². The van der Waals surface area contributed by atoms with Gasteiger partial charge in [-0.1, -0.05) is 23.2 Å². The quantitative estimate of drug-likeness (QED) is 0.613. The van der Waals surface area contributed by atoms with E-state index < -0.39 is 5.91 Å². The lowest BCUT2D eigenvalue weighted by molar-refractivity contribution is -0.112. The van der Waals surface area contributed by atoms with E-state index in [1.54, 1.807) is 18.3 Å². The third-order valence-electron chi connectivity index (χ3n) is 3.68. The number of nitrogens with zero attached hydrogens (tertiary/aromatic N) is 3. The fraction of sp³-hybridized carbons (Fsp3) is 0.375. The topological polar surface area (TPSA) is 79.6 Å². The van der Waals surface area contributed by atoms with Crippen molar-refractivity contribution in [3.05, 3.63) is 40.0 Å². The van der Waals surface area contributed by atoms with Crippen LogP contribution in [-0.2, 0) is 4.79 Å². The van der Waals surface area contributed by atoms with Gasteiger partial charge in [0.15, 0.2) is 0 Å². The number of carbonyl (C=O) groups is 1. The summed E-state index contributed by atoms with van der Waals surface area (Å²) in [4.78, 5) is 16.3. The first kappa shape index (κ1) is 18.6. The molecule has 8 heteroatoms. The van der Waals surface area contributed by atoms with Gasteiger partial charge in [0.1, 0.15) is 11.6 Å². The number of rotatable bonds is 5. The van der Waals surface area contributed by atoms with Gasteiger partial charge in [-0.05, 0) is 18.2 Å². The summed E-state index contributed by atoms with van der Waals surface area (Å²) in [5.41, 5.74) is 0.365. The molecule has 1 saturated heterocycles. The highest BCUT2D eigenvalue weighted by molar-refractivity contribution is 6.35. The van der Waals surface area contributed by atoms with Crippen molar-refractivity contribution in [3.8, 4) is 6.07 Å². The molecule has 0 unspecified atom stereocenters. The average Bonchev–Trinajstić information content (AvgIpc) is 2.57. The van der Waals surface area contributed by atoms with E-state index in [2.05, 4.69) is 10.2 Å². The van der Waals surface area contributed by atoms with E-state index in [-0.39, 0.29) is 12.2 Å². The number of β-amino-alcohol motifs (C(OH)–C–C–N with tert-alkyl or cyclic N) is 1. The van der Waals surface area contributed by atoms with Gasteiger partial charge in [-0.2, -0.15) is 5.26 Å². The van der Waals surface area contributed by atoms with Crippen LogP contribution >= 0.6 is 23.2 Å². The molecule has 0 aliphatic carbocycles. The van der Waals surface area contributed by atoms with Crippen molar-refractivity contribution < 1.29 is 9.90 Å². The first-order chi connectivity index (χ1) is 11.5. The minimum Gasteiger partial charge on any atom is -0.395 e. The van der Waals surface area contributed by atoms with Crippen molar-refractivity contribution in [3.63, 3.8) is 0 Å². The number of nitrogens with one attached hydrogen (secondary N) is 1. The maximum atomic E-state index is 12.3. The van der Waals surface area contributed by atoms with Crippen LogP contribution in [0.2, 0.25) is 10.0 Å². The second-order valence-electron chi connectivity index (χ2n) is 5.33. The largest absolute Gasteiger partial charge is 0.395 e. The molecule has 1 aliphatic heterocycles. The SMILES string of the molecule is N#C/C(=C/N1CCN(CCO)CC1)C(=O)Nc1cc(Cl)ccc1Cl. The molecule has 0 saturated carbocycles. The van der Waals surface area contributed by atoms with Crippen molar-refractivity contribution >= 4 is 34.8 Å². The highest BCUT2D eigenvalue weighted by atomic mass is 35.5. The highest BCUT2D eigenvalue weighted by Crippen LogP contribution is 2.25. The van der Waals surface area contributed by atoms with Gasteiger partial charge in [0, 0.05) is 43.9 Å². The molecule has 24 heavy (non-hydrogen) atoms. The third-order valence-corrected chi connectivity index (χ3v) is 4.24. The van der Waals surface area contributed by atoms with Crippen LogP contribution in [0.15, 0.2) is 30.0 Å². The van der Waals surface area contributed by atoms with Gasteiger partial charge in [0.25, 0.3) is 5.91 Å².